The molecule has 0 saturated heterocycles. The van der Waals surface area contributed by atoms with Gasteiger partial charge in [0.05, 0.1) is 5.69 Å². The molecule has 0 aliphatic carbocycles. The van der Waals surface area contributed by atoms with Crippen molar-refractivity contribution in [2.75, 3.05) is 5.32 Å². The second-order valence-corrected chi connectivity index (χ2v) is 5.32. The van der Waals surface area contributed by atoms with E-state index >= 15 is 0 Å². The van der Waals surface area contributed by atoms with Crippen molar-refractivity contribution in [3.05, 3.63) is 64.4 Å². The van der Waals surface area contributed by atoms with Gasteiger partial charge in [-0.25, -0.2) is 14.0 Å². The molecular weight excluding hydrogens is 355 g/mol. The van der Waals surface area contributed by atoms with Gasteiger partial charge in [0, 0.05) is 4.47 Å². The number of urea groups is 1. The summed E-state index contributed by atoms with van der Waals surface area (Å²) in [5.41, 5.74) is 0.374. The first-order valence-corrected chi connectivity index (χ1v) is 7.07. The van der Waals surface area contributed by atoms with Gasteiger partial charge >= 0.3 is 12.0 Å². The van der Waals surface area contributed by atoms with Crippen molar-refractivity contribution in [2.45, 2.75) is 6.04 Å². The van der Waals surface area contributed by atoms with Gasteiger partial charge < -0.3 is 15.7 Å². The van der Waals surface area contributed by atoms with Crippen molar-refractivity contribution < 1.29 is 19.1 Å². The predicted molar refractivity (Wildman–Crippen MR) is 83.1 cm³/mol. The number of hydrogen-bond donors (Lipinski definition) is 3. The Bertz CT molecular complexity index is 694. The molecule has 0 saturated carbocycles. The molecule has 2 aromatic carbocycles. The normalized spacial score (nSPS) is 11.5. The minimum absolute atomic E-state index is 0.0436. The molecular formula is C15H12BrFN2O3. The average Bonchev–Trinajstić information content (AvgIpc) is 2.48. The third-order valence-corrected chi connectivity index (χ3v) is 3.33. The Hall–Kier alpha value is -2.41. The molecule has 0 spiro atoms. The summed E-state index contributed by atoms with van der Waals surface area (Å²) < 4.78 is 14.2. The van der Waals surface area contributed by atoms with Gasteiger partial charge in [0.15, 0.2) is 6.04 Å². The number of aliphatic carboxylic acids is 1. The van der Waals surface area contributed by atoms with Gasteiger partial charge in [-0.3, -0.25) is 0 Å². The number of carbonyl (C=O) groups is 2. The molecule has 1 atom stereocenters. The second-order valence-electron chi connectivity index (χ2n) is 4.40. The molecule has 0 radical (unpaired) electrons. The fourth-order valence-electron chi connectivity index (χ4n) is 1.81. The van der Waals surface area contributed by atoms with Gasteiger partial charge in [-0.15, -0.1) is 0 Å². The summed E-state index contributed by atoms with van der Waals surface area (Å²) in [5.74, 6) is -1.84. The van der Waals surface area contributed by atoms with Crippen LogP contribution in [-0.2, 0) is 4.79 Å². The van der Waals surface area contributed by atoms with Crippen LogP contribution < -0.4 is 10.6 Å². The third kappa shape index (κ3) is 4.05. The summed E-state index contributed by atoms with van der Waals surface area (Å²) in [6, 6.07) is 10.3. The van der Waals surface area contributed by atoms with E-state index < -0.39 is 23.9 Å². The molecule has 3 N–H and O–H groups in total. The number of benzene rings is 2. The Morgan fingerprint density at radius 1 is 1.14 bits per heavy atom. The van der Waals surface area contributed by atoms with Crippen LogP contribution in [0.25, 0.3) is 0 Å². The molecule has 2 amide bonds. The van der Waals surface area contributed by atoms with Crippen LogP contribution in [0.1, 0.15) is 11.6 Å². The highest BCUT2D eigenvalue weighted by atomic mass is 79.9. The molecule has 2 rings (SSSR count). The number of hydrogen-bond acceptors (Lipinski definition) is 2. The Labute approximate surface area is 134 Å². The molecule has 0 aromatic heterocycles. The molecule has 0 heterocycles. The van der Waals surface area contributed by atoms with Crippen LogP contribution in [0.4, 0.5) is 14.9 Å². The molecule has 0 bridgehead atoms. The van der Waals surface area contributed by atoms with E-state index in [0.717, 1.165) is 0 Å². The molecule has 0 aliphatic heterocycles. The summed E-state index contributed by atoms with van der Waals surface area (Å²) in [4.78, 5) is 23.2. The Morgan fingerprint density at radius 3 is 2.41 bits per heavy atom. The minimum Gasteiger partial charge on any atom is -0.479 e. The summed E-state index contributed by atoms with van der Waals surface area (Å²) in [7, 11) is 0. The zero-order chi connectivity index (χ0) is 16.1. The van der Waals surface area contributed by atoms with Gasteiger partial charge in [0.2, 0.25) is 0 Å². The van der Waals surface area contributed by atoms with E-state index in [9.17, 15) is 19.1 Å². The van der Waals surface area contributed by atoms with Gasteiger partial charge in [0.25, 0.3) is 0 Å². The molecule has 0 unspecified atom stereocenters. The van der Waals surface area contributed by atoms with E-state index in [2.05, 4.69) is 26.6 Å². The first-order valence-electron chi connectivity index (χ1n) is 6.27. The van der Waals surface area contributed by atoms with E-state index in [0.29, 0.717) is 10.0 Å². The number of nitrogens with one attached hydrogen (secondary N) is 2. The summed E-state index contributed by atoms with van der Waals surface area (Å²) in [5, 5.41) is 13.8. The largest absolute Gasteiger partial charge is 0.479 e. The van der Waals surface area contributed by atoms with Gasteiger partial charge in [0.1, 0.15) is 5.82 Å². The lowest BCUT2D eigenvalue weighted by molar-refractivity contribution is -0.139. The van der Waals surface area contributed by atoms with Crippen molar-refractivity contribution in [3.63, 3.8) is 0 Å². The molecule has 2 aromatic rings. The molecule has 7 heteroatoms. The summed E-state index contributed by atoms with van der Waals surface area (Å²) in [6.07, 6.45) is 0. The lowest BCUT2D eigenvalue weighted by Crippen LogP contribution is -2.36. The van der Waals surface area contributed by atoms with Crippen LogP contribution in [0.15, 0.2) is 53.0 Å². The number of halogens is 2. The van der Waals surface area contributed by atoms with Gasteiger partial charge in [-0.05, 0) is 23.8 Å². The zero-order valence-corrected chi connectivity index (χ0v) is 12.8. The summed E-state index contributed by atoms with van der Waals surface area (Å²) >= 11 is 3.11. The van der Waals surface area contributed by atoms with Gasteiger partial charge in [-0.1, -0.05) is 46.3 Å². The van der Waals surface area contributed by atoms with Crippen molar-refractivity contribution in [2.24, 2.45) is 0 Å². The number of amides is 2. The van der Waals surface area contributed by atoms with Crippen molar-refractivity contribution in [1.29, 1.82) is 0 Å². The predicted octanol–water partition coefficient (Wildman–Crippen LogP) is 3.54. The first kappa shape index (κ1) is 16.0. The van der Waals surface area contributed by atoms with Crippen molar-refractivity contribution in [1.82, 2.24) is 5.32 Å². The van der Waals surface area contributed by atoms with Crippen molar-refractivity contribution in [3.8, 4) is 0 Å². The van der Waals surface area contributed by atoms with Crippen molar-refractivity contribution >= 4 is 33.6 Å². The number of carboxylic acid groups (broad SMARTS) is 1. The monoisotopic (exact) mass is 366 g/mol. The molecule has 0 fully saturated rings. The molecule has 5 nitrogen and oxygen atoms in total. The molecule has 114 valence electrons. The number of carboxylic acids is 1. The van der Waals surface area contributed by atoms with Crippen LogP contribution >= 0.6 is 15.9 Å². The maximum Gasteiger partial charge on any atom is 0.330 e. The number of anilines is 1. The maximum atomic E-state index is 13.6. The van der Waals surface area contributed by atoms with Crippen LogP contribution in [0, 0.1) is 5.82 Å². The van der Waals surface area contributed by atoms with E-state index in [-0.39, 0.29) is 5.69 Å². The summed E-state index contributed by atoms with van der Waals surface area (Å²) in [6.45, 7) is 0. The van der Waals surface area contributed by atoms with E-state index in [4.69, 9.17) is 0 Å². The smallest absolute Gasteiger partial charge is 0.330 e. The standard InChI is InChI=1S/C15H12BrFN2O3/c16-10-6-7-12(11(17)8-10)18-15(22)19-13(14(20)21)9-4-2-1-3-5-9/h1-8,13H,(H,20,21)(H2,18,19,22)/t13-/m1/s1. The zero-order valence-electron chi connectivity index (χ0n) is 11.2. The van der Waals surface area contributed by atoms with Crippen LogP contribution in [-0.4, -0.2) is 17.1 Å². The van der Waals surface area contributed by atoms with Crippen LogP contribution in [0.5, 0.6) is 0 Å². The fourth-order valence-corrected chi connectivity index (χ4v) is 2.15. The van der Waals surface area contributed by atoms with E-state index in [1.807, 2.05) is 0 Å². The highest BCUT2D eigenvalue weighted by Crippen LogP contribution is 2.19. The fraction of sp³-hybridized carbons (Fsp3) is 0.0667. The van der Waals surface area contributed by atoms with Gasteiger partial charge in [-0.2, -0.15) is 0 Å². The molecule has 0 aliphatic rings. The van der Waals surface area contributed by atoms with E-state index in [1.54, 1.807) is 36.4 Å². The lowest BCUT2D eigenvalue weighted by atomic mass is 10.1. The Morgan fingerprint density at radius 2 is 1.82 bits per heavy atom. The first-order chi connectivity index (χ1) is 10.5. The highest BCUT2D eigenvalue weighted by molar-refractivity contribution is 9.10. The van der Waals surface area contributed by atoms with E-state index in [1.165, 1.54) is 12.1 Å². The molecule has 22 heavy (non-hydrogen) atoms. The lowest BCUT2D eigenvalue weighted by Gasteiger charge is -2.15. The maximum absolute atomic E-state index is 13.6. The average molecular weight is 367 g/mol. The van der Waals surface area contributed by atoms with Crippen LogP contribution in [0.3, 0.4) is 0 Å². The number of carbonyl (C=O) groups excluding carboxylic acids is 1. The quantitative estimate of drug-likeness (QED) is 0.774. The third-order valence-electron chi connectivity index (χ3n) is 2.83. The number of rotatable bonds is 4. The minimum atomic E-state index is -1.22. The Balaban J connectivity index is 2.10. The second kappa shape index (κ2) is 7.04. The SMILES string of the molecule is O=C(Nc1ccc(Br)cc1F)N[C@@H](C(=O)O)c1ccccc1. The Kier molecular flexibility index (Phi) is 5.11. The van der Waals surface area contributed by atoms with Crippen LogP contribution in [0.2, 0.25) is 0 Å². The highest BCUT2D eigenvalue weighted by Gasteiger charge is 2.22. The topological polar surface area (TPSA) is 78.4 Å².